The van der Waals surface area contributed by atoms with Crippen LogP contribution in [0.5, 0.6) is 0 Å². The SMILES string of the molecule is CC[C@H](C)c1ccc(NC(=O)COC(=O)[C@H](CCSC)NC(N)=O)cc1. The number of esters is 1. The van der Waals surface area contributed by atoms with Crippen molar-refractivity contribution in [3.05, 3.63) is 29.8 Å². The number of thioether (sulfide) groups is 1. The molecule has 0 heterocycles. The second kappa shape index (κ2) is 11.4. The van der Waals surface area contributed by atoms with Crippen molar-refractivity contribution < 1.29 is 19.1 Å². The molecule has 8 heteroatoms. The van der Waals surface area contributed by atoms with Crippen LogP contribution >= 0.6 is 11.8 Å². The van der Waals surface area contributed by atoms with Gasteiger partial charge in [0.05, 0.1) is 0 Å². The molecule has 3 amide bonds. The number of rotatable bonds is 10. The summed E-state index contributed by atoms with van der Waals surface area (Å²) in [6, 6.07) is 5.89. The van der Waals surface area contributed by atoms with E-state index < -0.39 is 30.6 Å². The molecule has 0 saturated heterocycles. The molecule has 144 valence electrons. The lowest BCUT2D eigenvalue weighted by Gasteiger charge is -2.16. The third-order valence-corrected chi connectivity index (χ3v) is 4.58. The van der Waals surface area contributed by atoms with E-state index in [1.165, 1.54) is 17.3 Å². The minimum absolute atomic E-state index is 0.377. The molecule has 0 radical (unpaired) electrons. The number of carbonyl (C=O) groups excluding carboxylic acids is 3. The molecule has 1 aromatic rings. The van der Waals surface area contributed by atoms with Crippen molar-refractivity contribution in [2.24, 2.45) is 5.73 Å². The molecule has 26 heavy (non-hydrogen) atoms. The van der Waals surface area contributed by atoms with Crippen LogP contribution in [0, 0.1) is 0 Å². The Kier molecular flexibility index (Phi) is 9.57. The standard InChI is InChI=1S/C18H27N3O4S/c1-4-12(2)13-5-7-14(8-6-13)20-16(22)11-25-17(23)15(9-10-26-3)21-18(19)24/h5-8,12,15H,4,9-11H2,1-3H3,(H,20,22)(H3,19,21,24)/t12-,15-/m0/s1. The van der Waals surface area contributed by atoms with Gasteiger partial charge in [0.1, 0.15) is 6.04 Å². The largest absolute Gasteiger partial charge is 0.454 e. The molecule has 0 aromatic heterocycles. The number of nitrogens with one attached hydrogen (secondary N) is 2. The van der Waals surface area contributed by atoms with E-state index in [2.05, 4.69) is 24.5 Å². The highest BCUT2D eigenvalue weighted by atomic mass is 32.2. The highest BCUT2D eigenvalue weighted by Gasteiger charge is 2.21. The third-order valence-electron chi connectivity index (χ3n) is 3.93. The number of urea groups is 1. The van der Waals surface area contributed by atoms with Crippen molar-refractivity contribution in [3.63, 3.8) is 0 Å². The maximum atomic E-state index is 12.0. The minimum atomic E-state index is -0.859. The van der Waals surface area contributed by atoms with E-state index in [0.29, 0.717) is 23.8 Å². The maximum absolute atomic E-state index is 12.0. The van der Waals surface area contributed by atoms with Gasteiger partial charge in [-0.05, 0) is 48.5 Å². The smallest absolute Gasteiger partial charge is 0.329 e. The van der Waals surface area contributed by atoms with Crippen molar-refractivity contribution in [1.82, 2.24) is 5.32 Å². The quantitative estimate of drug-likeness (QED) is 0.539. The van der Waals surface area contributed by atoms with Crippen molar-refractivity contribution in [2.75, 3.05) is 23.9 Å². The average Bonchev–Trinajstić information content (AvgIpc) is 2.62. The Morgan fingerprint density at radius 2 is 1.88 bits per heavy atom. The van der Waals surface area contributed by atoms with Crippen LogP contribution < -0.4 is 16.4 Å². The molecule has 7 nitrogen and oxygen atoms in total. The second-order valence-electron chi connectivity index (χ2n) is 5.93. The van der Waals surface area contributed by atoms with Crippen LogP contribution in [-0.2, 0) is 14.3 Å². The Balaban J connectivity index is 2.51. The average molecular weight is 381 g/mol. The fourth-order valence-corrected chi connectivity index (χ4v) is 2.69. The first-order chi connectivity index (χ1) is 12.4. The molecule has 0 fully saturated rings. The van der Waals surface area contributed by atoms with Gasteiger partial charge in [0.15, 0.2) is 6.61 Å². The fraction of sp³-hybridized carbons (Fsp3) is 0.500. The van der Waals surface area contributed by atoms with Gasteiger partial charge in [0, 0.05) is 5.69 Å². The van der Waals surface area contributed by atoms with Gasteiger partial charge in [-0.25, -0.2) is 9.59 Å². The molecular formula is C18H27N3O4S. The molecule has 1 aromatic carbocycles. The van der Waals surface area contributed by atoms with Crippen molar-refractivity contribution in [2.45, 2.75) is 38.6 Å². The number of ether oxygens (including phenoxy) is 1. The molecule has 0 saturated carbocycles. The number of amides is 3. The summed E-state index contributed by atoms with van der Waals surface area (Å²) < 4.78 is 4.98. The zero-order valence-corrected chi connectivity index (χ0v) is 16.2. The summed E-state index contributed by atoms with van der Waals surface area (Å²) in [4.78, 5) is 34.9. The first-order valence-corrected chi connectivity index (χ1v) is 9.88. The van der Waals surface area contributed by atoms with Crippen LogP contribution in [0.4, 0.5) is 10.5 Å². The van der Waals surface area contributed by atoms with Crippen LogP contribution in [-0.4, -0.2) is 42.6 Å². The summed E-state index contributed by atoms with van der Waals surface area (Å²) >= 11 is 1.53. The monoisotopic (exact) mass is 381 g/mol. The molecule has 4 N–H and O–H groups in total. The molecule has 0 bridgehead atoms. The Bertz CT molecular complexity index is 607. The van der Waals surface area contributed by atoms with E-state index >= 15 is 0 Å². The lowest BCUT2D eigenvalue weighted by molar-refractivity contribution is -0.149. The summed E-state index contributed by atoms with van der Waals surface area (Å²) in [6.07, 6.45) is 3.30. The van der Waals surface area contributed by atoms with Crippen molar-refractivity contribution in [3.8, 4) is 0 Å². The lowest BCUT2D eigenvalue weighted by Crippen LogP contribution is -2.45. The Hall–Kier alpha value is -2.22. The zero-order valence-electron chi connectivity index (χ0n) is 15.4. The first-order valence-electron chi connectivity index (χ1n) is 8.48. The summed E-state index contributed by atoms with van der Waals surface area (Å²) in [5.74, 6) is -0.0245. The normalized spacial score (nSPS) is 12.7. The van der Waals surface area contributed by atoms with Crippen LogP contribution in [0.3, 0.4) is 0 Å². The number of benzene rings is 1. The highest BCUT2D eigenvalue weighted by Crippen LogP contribution is 2.20. The number of nitrogens with two attached hydrogens (primary N) is 1. The van der Waals surface area contributed by atoms with Gasteiger partial charge in [-0.1, -0.05) is 26.0 Å². The van der Waals surface area contributed by atoms with Crippen LogP contribution in [0.1, 0.15) is 38.2 Å². The summed E-state index contributed by atoms with van der Waals surface area (Å²) in [6.45, 7) is 3.83. The van der Waals surface area contributed by atoms with Gasteiger partial charge < -0.3 is 21.1 Å². The van der Waals surface area contributed by atoms with Gasteiger partial charge in [0.25, 0.3) is 5.91 Å². The molecule has 1 rings (SSSR count). The van der Waals surface area contributed by atoms with E-state index in [-0.39, 0.29) is 0 Å². The van der Waals surface area contributed by atoms with Crippen molar-refractivity contribution >= 4 is 35.4 Å². The molecule has 0 aliphatic heterocycles. The number of primary amides is 1. The maximum Gasteiger partial charge on any atom is 0.329 e. The van der Waals surface area contributed by atoms with Crippen molar-refractivity contribution in [1.29, 1.82) is 0 Å². The summed E-state index contributed by atoms with van der Waals surface area (Å²) in [5, 5.41) is 5.00. The molecular weight excluding hydrogens is 354 g/mol. The predicted octanol–water partition coefficient (Wildman–Crippen LogP) is 2.47. The van der Waals surface area contributed by atoms with Gasteiger partial charge in [-0.15, -0.1) is 0 Å². The number of hydrogen-bond donors (Lipinski definition) is 3. The van der Waals surface area contributed by atoms with E-state index in [0.717, 1.165) is 6.42 Å². The van der Waals surface area contributed by atoms with Crippen LogP contribution in [0.25, 0.3) is 0 Å². The predicted molar refractivity (Wildman–Crippen MR) is 104 cm³/mol. The van der Waals surface area contributed by atoms with Gasteiger partial charge in [0.2, 0.25) is 0 Å². The molecule has 0 unspecified atom stereocenters. The van der Waals surface area contributed by atoms with Gasteiger partial charge in [-0.2, -0.15) is 11.8 Å². The molecule has 0 spiro atoms. The van der Waals surface area contributed by atoms with Gasteiger partial charge >= 0.3 is 12.0 Å². The number of anilines is 1. The third kappa shape index (κ3) is 7.77. The molecule has 0 aliphatic rings. The van der Waals surface area contributed by atoms with E-state index in [1.807, 2.05) is 30.5 Å². The Morgan fingerprint density at radius 3 is 2.42 bits per heavy atom. The second-order valence-corrected chi connectivity index (χ2v) is 6.92. The lowest BCUT2D eigenvalue weighted by atomic mass is 9.99. The van der Waals surface area contributed by atoms with Gasteiger partial charge in [-0.3, -0.25) is 4.79 Å². The summed E-state index contributed by atoms with van der Waals surface area (Å²) in [5.41, 5.74) is 6.89. The summed E-state index contributed by atoms with van der Waals surface area (Å²) in [7, 11) is 0. The van der Waals surface area contributed by atoms with E-state index in [1.54, 1.807) is 0 Å². The zero-order chi connectivity index (χ0) is 19.5. The van der Waals surface area contributed by atoms with Crippen LogP contribution in [0.2, 0.25) is 0 Å². The fourth-order valence-electron chi connectivity index (χ4n) is 2.22. The Morgan fingerprint density at radius 1 is 1.23 bits per heavy atom. The molecule has 0 aliphatic carbocycles. The number of hydrogen-bond acceptors (Lipinski definition) is 5. The highest BCUT2D eigenvalue weighted by molar-refractivity contribution is 7.98. The first kappa shape index (κ1) is 21.8. The minimum Gasteiger partial charge on any atom is -0.454 e. The topological polar surface area (TPSA) is 111 Å². The van der Waals surface area contributed by atoms with E-state index in [4.69, 9.17) is 10.5 Å². The van der Waals surface area contributed by atoms with E-state index in [9.17, 15) is 14.4 Å². The van der Waals surface area contributed by atoms with Crippen LogP contribution in [0.15, 0.2) is 24.3 Å². The Labute approximate surface area is 158 Å². The number of carbonyl (C=O) groups is 3. The molecule has 2 atom stereocenters.